The maximum atomic E-state index is 13.0. The van der Waals surface area contributed by atoms with E-state index in [1.807, 2.05) is 24.9 Å². The molecule has 2 aromatic rings. The molecule has 3 rings (SSSR count). The molecule has 1 amide bonds. The van der Waals surface area contributed by atoms with Gasteiger partial charge < -0.3 is 14.7 Å². The number of halogens is 1. The molecule has 7 heteroatoms. The predicted octanol–water partition coefficient (Wildman–Crippen LogP) is 2.90. The van der Waals surface area contributed by atoms with E-state index in [1.165, 1.54) is 0 Å². The molecule has 132 valence electrons. The molecule has 0 aliphatic carbocycles. The molecule has 2 aromatic heterocycles. The highest BCUT2D eigenvalue weighted by atomic mass is 35.5. The third-order valence-corrected chi connectivity index (χ3v) is 4.65. The average Bonchev–Trinajstić information content (AvgIpc) is 2.95. The number of aromatic nitrogens is 2. The molecule has 0 unspecified atom stereocenters. The van der Waals surface area contributed by atoms with Gasteiger partial charge in [0.2, 0.25) is 0 Å². The molecule has 0 bridgehead atoms. The largest absolute Gasteiger partial charge is 0.339 e. The molecule has 0 saturated carbocycles. The number of aryl methyl sites for hydroxylation is 1. The van der Waals surface area contributed by atoms with Crippen LogP contribution in [0.5, 0.6) is 0 Å². The van der Waals surface area contributed by atoms with Crippen molar-refractivity contribution in [1.82, 2.24) is 20.4 Å². The maximum Gasteiger partial charge on any atom is 0.259 e. The molecule has 1 saturated heterocycles. The van der Waals surface area contributed by atoms with Gasteiger partial charge in [0.1, 0.15) is 0 Å². The number of piperidine rings is 1. The highest BCUT2D eigenvalue weighted by Gasteiger charge is 2.26. The van der Waals surface area contributed by atoms with Crippen molar-refractivity contribution in [2.45, 2.75) is 45.6 Å². The SMILES string of the molecule is CNC1CCN(C(=O)c2cc(C(C)C)nc3onc(C)c23)CC1.Cl. The summed E-state index contributed by atoms with van der Waals surface area (Å²) in [5, 5.41) is 8.03. The lowest BCUT2D eigenvalue weighted by atomic mass is 10.0. The smallest absolute Gasteiger partial charge is 0.259 e. The topological polar surface area (TPSA) is 71.3 Å². The zero-order chi connectivity index (χ0) is 16.6. The second-order valence-electron chi connectivity index (χ2n) is 6.55. The second-order valence-corrected chi connectivity index (χ2v) is 6.55. The highest BCUT2D eigenvalue weighted by Crippen LogP contribution is 2.27. The van der Waals surface area contributed by atoms with Crippen LogP contribution in [0.2, 0.25) is 0 Å². The molecule has 1 fully saturated rings. The van der Waals surface area contributed by atoms with Crippen molar-refractivity contribution in [2.24, 2.45) is 0 Å². The molecule has 0 radical (unpaired) electrons. The van der Waals surface area contributed by atoms with Gasteiger partial charge in [0, 0.05) is 24.8 Å². The van der Waals surface area contributed by atoms with E-state index in [4.69, 9.17) is 4.52 Å². The van der Waals surface area contributed by atoms with Crippen LogP contribution in [0.4, 0.5) is 0 Å². The minimum Gasteiger partial charge on any atom is -0.339 e. The number of hydrogen-bond acceptors (Lipinski definition) is 5. The minimum absolute atomic E-state index is 0. The Morgan fingerprint density at radius 2 is 2.04 bits per heavy atom. The number of carbonyl (C=O) groups is 1. The summed E-state index contributed by atoms with van der Waals surface area (Å²) in [4.78, 5) is 19.5. The van der Waals surface area contributed by atoms with E-state index < -0.39 is 0 Å². The summed E-state index contributed by atoms with van der Waals surface area (Å²) in [7, 11) is 1.98. The number of carbonyl (C=O) groups excluding carboxylic acids is 1. The van der Waals surface area contributed by atoms with Gasteiger partial charge in [0.05, 0.1) is 16.6 Å². The second kappa shape index (κ2) is 7.49. The fourth-order valence-corrected chi connectivity index (χ4v) is 3.12. The molecule has 3 heterocycles. The molecule has 0 aromatic carbocycles. The van der Waals surface area contributed by atoms with Crippen LogP contribution < -0.4 is 5.32 Å². The Balaban J connectivity index is 0.00000208. The van der Waals surface area contributed by atoms with Gasteiger partial charge in [-0.05, 0) is 38.8 Å². The molecule has 1 aliphatic rings. The van der Waals surface area contributed by atoms with Gasteiger partial charge in [-0.15, -0.1) is 12.4 Å². The zero-order valence-corrected chi connectivity index (χ0v) is 15.4. The van der Waals surface area contributed by atoms with Crippen molar-refractivity contribution >= 4 is 29.4 Å². The monoisotopic (exact) mass is 352 g/mol. The van der Waals surface area contributed by atoms with E-state index in [1.54, 1.807) is 0 Å². The molecule has 6 nitrogen and oxygen atoms in total. The summed E-state index contributed by atoms with van der Waals surface area (Å²) >= 11 is 0. The third-order valence-electron chi connectivity index (χ3n) is 4.65. The molecule has 1 aliphatic heterocycles. The first kappa shape index (κ1) is 18.7. The summed E-state index contributed by atoms with van der Waals surface area (Å²) in [5.41, 5.74) is 2.71. The molecule has 0 spiro atoms. The number of likely N-dealkylation sites (tertiary alicyclic amines) is 1. The van der Waals surface area contributed by atoms with Crippen LogP contribution in [-0.4, -0.2) is 47.1 Å². The van der Waals surface area contributed by atoms with Gasteiger partial charge in [-0.3, -0.25) is 4.79 Å². The normalized spacial score (nSPS) is 15.8. The number of hydrogen-bond donors (Lipinski definition) is 1. The number of pyridine rings is 1. The van der Waals surface area contributed by atoms with Crippen molar-refractivity contribution in [3.63, 3.8) is 0 Å². The summed E-state index contributed by atoms with van der Waals surface area (Å²) < 4.78 is 5.31. The first-order valence-corrected chi connectivity index (χ1v) is 8.24. The van der Waals surface area contributed by atoms with Gasteiger partial charge >= 0.3 is 0 Å². The van der Waals surface area contributed by atoms with Crippen LogP contribution in [0.3, 0.4) is 0 Å². The van der Waals surface area contributed by atoms with Crippen molar-refractivity contribution < 1.29 is 9.32 Å². The maximum absolute atomic E-state index is 13.0. The fourth-order valence-electron chi connectivity index (χ4n) is 3.12. The lowest BCUT2D eigenvalue weighted by Gasteiger charge is -2.32. The number of rotatable bonds is 3. The predicted molar refractivity (Wildman–Crippen MR) is 95.9 cm³/mol. The van der Waals surface area contributed by atoms with Crippen LogP contribution in [-0.2, 0) is 0 Å². The summed E-state index contributed by atoms with van der Waals surface area (Å²) in [6.07, 6.45) is 1.96. The van der Waals surface area contributed by atoms with Gasteiger partial charge in [0.25, 0.3) is 11.6 Å². The van der Waals surface area contributed by atoms with Crippen molar-refractivity contribution in [3.05, 3.63) is 23.0 Å². The zero-order valence-electron chi connectivity index (χ0n) is 14.6. The lowest BCUT2D eigenvalue weighted by molar-refractivity contribution is 0.0709. The Morgan fingerprint density at radius 1 is 1.38 bits per heavy atom. The Labute approximate surface area is 148 Å². The third kappa shape index (κ3) is 3.39. The fraction of sp³-hybridized carbons (Fsp3) is 0.588. The summed E-state index contributed by atoms with van der Waals surface area (Å²) in [6.45, 7) is 7.52. The van der Waals surface area contributed by atoms with E-state index in [0.29, 0.717) is 17.3 Å². The van der Waals surface area contributed by atoms with Crippen molar-refractivity contribution in [3.8, 4) is 0 Å². The Hall–Kier alpha value is -1.66. The lowest BCUT2D eigenvalue weighted by Crippen LogP contribution is -2.44. The van der Waals surface area contributed by atoms with Gasteiger partial charge in [-0.25, -0.2) is 4.98 Å². The van der Waals surface area contributed by atoms with E-state index >= 15 is 0 Å². The average molecular weight is 353 g/mol. The first-order chi connectivity index (χ1) is 11.0. The standard InChI is InChI=1S/C17H24N4O2.ClH/c1-10(2)14-9-13(15-11(3)20-23-16(15)19-14)17(22)21-7-5-12(18-4)6-8-21;/h9-10,12,18H,5-8H2,1-4H3;1H. The molecule has 1 N–H and O–H groups in total. The molecular formula is C17H25ClN4O2. The van der Waals surface area contributed by atoms with Crippen LogP contribution in [0.25, 0.3) is 11.1 Å². The van der Waals surface area contributed by atoms with Crippen LogP contribution in [0.1, 0.15) is 54.4 Å². The number of nitrogens with zero attached hydrogens (tertiary/aromatic N) is 3. The quantitative estimate of drug-likeness (QED) is 0.919. The summed E-state index contributed by atoms with van der Waals surface area (Å²) in [6, 6.07) is 2.41. The van der Waals surface area contributed by atoms with Crippen molar-refractivity contribution in [1.29, 1.82) is 0 Å². The Bertz CT molecular complexity index is 721. The van der Waals surface area contributed by atoms with Gasteiger partial charge in [-0.2, -0.15) is 0 Å². The van der Waals surface area contributed by atoms with E-state index in [9.17, 15) is 4.79 Å². The Morgan fingerprint density at radius 3 is 2.62 bits per heavy atom. The van der Waals surface area contributed by atoms with E-state index in [2.05, 4.69) is 29.3 Å². The first-order valence-electron chi connectivity index (χ1n) is 8.24. The number of fused-ring (bicyclic) bond motifs is 1. The highest BCUT2D eigenvalue weighted by molar-refractivity contribution is 6.06. The summed E-state index contributed by atoms with van der Waals surface area (Å²) in [5.74, 6) is 0.284. The van der Waals surface area contributed by atoms with E-state index in [0.717, 1.165) is 42.7 Å². The minimum atomic E-state index is 0. The molecular weight excluding hydrogens is 328 g/mol. The van der Waals surface area contributed by atoms with Gasteiger partial charge in [0.15, 0.2) is 0 Å². The van der Waals surface area contributed by atoms with Crippen LogP contribution in [0, 0.1) is 6.92 Å². The van der Waals surface area contributed by atoms with Crippen LogP contribution >= 0.6 is 12.4 Å². The number of amides is 1. The van der Waals surface area contributed by atoms with Crippen LogP contribution in [0.15, 0.2) is 10.6 Å². The molecule has 0 atom stereocenters. The van der Waals surface area contributed by atoms with E-state index in [-0.39, 0.29) is 24.2 Å². The number of nitrogens with one attached hydrogen (secondary N) is 1. The van der Waals surface area contributed by atoms with Crippen molar-refractivity contribution in [2.75, 3.05) is 20.1 Å². The van der Waals surface area contributed by atoms with Gasteiger partial charge in [-0.1, -0.05) is 19.0 Å². The Kier molecular flexibility index (Phi) is 5.83. The molecule has 24 heavy (non-hydrogen) atoms.